The van der Waals surface area contributed by atoms with Crippen molar-refractivity contribution in [3.63, 3.8) is 0 Å². The average molecular weight is 389 g/mol. The van der Waals surface area contributed by atoms with Gasteiger partial charge in [0, 0.05) is 12.0 Å². The van der Waals surface area contributed by atoms with E-state index >= 15 is 0 Å². The van der Waals surface area contributed by atoms with Crippen LogP contribution < -0.4 is 4.74 Å². The molecule has 2 aromatic carbocycles. The number of aryl methyl sites for hydroxylation is 1. The second kappa shape index (κ2) is 7.88. The summed E-state index contributed by atoms with van der Waals surface area (Å²) in [5.74, 6) is 1.41. The molecule has 0 aliphatic heterocycles. The Kier molecular flexibility index (Phi) is 5.53. The Labute approximate surface area is 160 Å². The maximum Gasteiger partial charge on any atom is 0.416 e. The van der Waals surface area contributed by atoms with Crippen LogP contribution in [0.4, 0.5) is 13.2 Å². The first-order chi connectivity index (χ1) is 13.2. The molecule has 0 aliphatic carbocycles. The van der Waals surface area contributed by atoms with E-state index in [1.807, 2.05) is 6.07 Å². The number of halogens is 3. The smallest absolute Gasteiger partial charge is 0.416 e. The lowest BCUT2D eigenvalue weighted by Crippen LogP contribution is -2.04. The highest BCUT2D eigenvalue weighted by atomic mass is 19.4. The zero-order valence-electron chi connectivity index (χ0n) is 15.3. The SMILES string of the molecule is CC(=O)Cc1cccc(OCc2nc(-c3ccc(C(F)(F)F)cc3)oc2C)c1. The fraction of sp³-hybridized carbons (Fsp3) is 0.238. The number of hydrogen-bond acceptors (Lipinski definition) is 4. The number of rotatable bonds is 6. The second-order valence-corrected chi connectivity index (χ2v) is 6.41. The number of Topliss-reactive ketones (excluding diaryl/α,β-unsaturated/α-hetero) is 1. The Hall–Kier alpha value is -3.09. The van der Waals surface area contributed by atoms with E-state index in [-0.39, 0.29) is 18.3 Å². The van der Waals surface area contributed by atoms with Gasteiger partial charge in [-0.25, -0.2) is 4.98 Å². The second-order valence-electron chi connectivity index (χ2n) is 6.41. The number of nitrogens with zero attached hydrogens (tertiary/aromatic N) is 1. The Morgan fingerprint density at radius 2 is 1.86 bits per heavy atom. The van der Waals surface area contributed by atoms with Gasteiger partial charge in [-0.3, -0.25) is 4.79 Å². The van der Waals surface area contributed by atoms with E-state index in [4.69, 9.17) is 9.15 Å². The van der Waals surface area contributed by atoms with Crippen LogP contribution in [0.15, 0.2) is 52.9 Å². The molecule has 0 atom stereocenters. The zero-order valence-corrected chi connectivity index (χ0v) is 15.3. The van der Waals surface area contributed by atoms with Crippen molar-refractivity contribution in [2.24, 2.45) is 0 Å². The van der Waals surface area contributed by atoms with Gasteiger partial charge in [0.15, 0.2) is 0 Å². The highest BCUT2D eigenvalue weighted by Crippen LogP contribution is 2.31. The monoisotopic (exact) mass is 389 g/mol. The van der Waals surface area contributed by atoms with Crippen molar-refractivity contribution in [3.05, 3.63) is 71.1 Å². The lowest BCUT2D eigenvalue weighted by atomic mass is 10.1. The topological polar surface area (TPSA) is 52.3 Å². The summed E-state index contributed by atoms with van der Waals surface area (Å²) in [5, 5.41) is 0. The number of benzene rings is 2. The molecule has 0 saturated carbocycles. The number of oxazole rings is 1. The predicted octanol–water partition coefficient (Wildman–Crippen LogP) is 5.38. The lowest BCUT2D eigenvalue weighted by Gasteiger charge is -2.06. The maximum absolute atomic E-state index is 12.7. The van der Waals surface area contributed by atoms with Crippen LogP contribution in [0.5, 0.6) is 5.75 Å². The van der Waals surface area contributed by atoms with Crippen molar-refractivity contribution < 1.29 is 27.1 Å². The van der Waals surface area contributed by atoms with Crippen molar-refractivity contribution in [1.82, 2.24) is 4.98 Å². The predicted molar refractivity (Wildman–Crippen MR) is 96.8 cm³/mol. The molecular weight excluding hydrogens is 371 g/mol. The van der Waals surface area contributed by atoms with Gasteiger partial charge < -0.3 is 9.15 Å². The third-order valence-corrected chi connectivity index (χ3v) is 4.08. The molecule has 0 radical (unpaired) electrons. The van der Waals surface area contributed by atoms with Crippen LogP contribution in [-0.2, 0) is 24.0 Å². The van der Waals surface area contributed by atoms with E-state index in [1.54, 1.807) is 25.1 Å². The van der Waals surface area contributed by atoms with Gasteiger partial charge >= 0.3 is 6.18 Å². The van der Waals surface area contributed by atoms with Crippen molar-refractivity contribution in [3.8, 4) is 17.2 Å². The molecule has 3 rings (SSSR count). The van der Waals surface area contributed by atoms with Crippen molar-refractivity contribution in [1.29, 1.82) is 0 Å². The van der Waals surface area contributed by atoms with E-state index in [2.05, 4.69) is 4.98 Å². The Morgan fingerprint density at radius 1 is 1.14 bits per heavy atom. The van der Waals surface area contributed by atoms with Crippen molar-refractivity contribution >= 4 is 5.78 Å². The standard InChI is InChI=1S/C21H18F3NO3/c1-13(26)10-15-4-3-5-18(11-15)27-12-19-14(2)28-20(25-19)16-6-8-17(9-7-16)21(22,23)24/h3-9,11H,10,12H2,1-2H3. The van der Waals surface area contributed by atoms with Gasteiger partial charge in [0.05, 0.1) is 5.56 Å². The molecule has 146 valence electrons. The molecular formula is C21H18F3NO3. The Morgan fingerprint density at radius 3 is 2.50 bits per heavy atom. The normalized spacial score (nSPS) is 11.5. The zero-order chi connectivity index (χ0) is 20.3. The summed E-state index contributed by atoms with van der Waals surface area (Å²) < 4.78 is 49.3. The van der Waals surface area contributed by atoms with Gasteiger partial charge in [-0.2, -0.15) is 13.2 Å². The molecule has 0 unspecified atom stereocenters. The number of ketones is 1. The molecule has 0 bridgehead atoms. The van der Waals surface area contributed by atoms with Crippen LogP contribution in [0.3, 0.4) is 0 Å². The van der Waals surface area contributed by atoms with E-state index in [0.717, 1.165) is 17.7 Å². The number of alkyl halides is 3. The minimum Gasteiger partial charge on any atom is -0.487 e. The van der Waals surface area contributed by atoms with E-state index < -0.39 is 11.7 Å². The highest BCUT2D eigenvalue weighted by molar-refractivity contribution is 5.78. The first-order valence-corrected chi connectivity index (χ1v) is 8.57. The molecule has 1 heterocycles. The van der Waals surface area contributed by atoms with Gasteiger partial charge in [-0.05, 0) is 55.8 Å². The molecule has 0 fully saturated rings. The summed E-state index contributed by atoms with van der Waals surface area (Å²) in [6.45, 7) is 3.38. The summed E-state index contributed by atoms with van der Waals surface area (Å²) in [4.78, 5) is 15.6. The van der Waals surface area contributed by atoms with Crippen molar-refractivity contribution in [2.45, 2.75) is 33.1 Å². The maximum atomic E-state index is 12.7. The quantitative estimate of drug-likeness (QED) is 0.568. The minimum absolute atomic E-state index is 0.0608. The fourth-order valence-corrected chi connectivity index (χ4v) is 2.67. The molecule has 0 spiro atoms. The van der Waals surface area contributed by atoms with Gasteiger partial charge in [0.25, 0.3) is 0 Å². The number of aromatic nitrogens is 1. The number of carbonyl (C=O) groups is 1. The highest BCUT2D eigenvalue weighted by Gasteiger charge is 2.30. The van der Waals surface area contributed by atoms with E-state index in [9.17, 15) is 18.0 Å². The first-order valence-electron chi connectivity index (χ1n) is 8.57. The molecule has 7 heteroatoms. The number of carbonyl (C=O) groups excluding carboxylic acids is 1. The third-order valence-electron chi connectivity index (χ3n) is 4.08. The molecule has 0 amide bonds. The number of hydrogen-bond donors (Lipinski definition) is 0. The van der Waals surface area contributed by atoms with Crippen LogP contribution in [0.2, 0.25) is 0 Å². The first kappa shape index (κ1) is 19.7. The third kappa shape index (κ3) is 4.79. The van der Waals surface area contributed by atoms with Crippen LogP contribution in [0, 0.1) is 6.92 Å². The Balaban J connectivity index is 1.72. The lowest BCUT2D eigenvalue weighted by molar-refractivity contribution is -0.137. The number of ether oxygens (including phenoxy) is 1. The fourth-order valence-electron chi connectivity index (χ4n) is 2.67. The molecule has 0 aliphatic rings. The van der Waals surface area contributed by atoms with E-state index in [0.29, 0.717) is 29.2 Å². The molecule has 4 nitrogen and oxygen atoms in total. The van der Waals surface area contributed by atoms with Crippen LogP contribution in [-0.4, -0.2) is 10.8 Å². The Bertz CT molecular complexity index is 975. The van der Waals surface area contributed by atoms with Crippen LogP contribution in [0.1, 0.15) is 29.5 Å². The summed E-state index contributed by atoms with van der Waals surface area (Å²) >= 11 is 0. The summed E-state index contributed by atoms with van der Waals surface area (Å²) in [6.07, 6.45) is -4.06. The molecule has 0 saturated heterocycles. The summed E-state index contributed by atoms with van der Waals surface area (Å²) in [6, 6.07) is 11.8. The minimum atomic E-state index is -4.39. The molecule has 28 heavy (non-hydrogen) atoms. The summed E-state index contributed by atoms with van der Waals surface area (Å²) in [7, 11) is 0. The average Bonchev–Trinajstić information content (AvgIpc) is 3.00. The van der Waals surface area contributed by atoms with Crippen LogP contribution >= 0.6 is 0 Å². The largest absolute Gasteiger partial charge is 0.487 e. The van der Waals surface area contributed by atoms with Gasteiger partial charge in [-0.15, -0.1) is 0 Å². The molecule has 3 aromatic rings. The van der Waals surface area contributed by atoms with Gasteiger partial charge in [0.2, 0.25) is 5.89 Å². The van der Waals surface area contributed by atoms with Crippen molar-refractivity contribution in [2.75, 3.05) is 0 Å². The molecule has 1 aromatic heterocycles. The molecule has 0 N–H and O–H groups in total. The summed E-state index contributed by atoms with van der Waals surface area (Å²) in [5.41, 5.74) is 1.12. The van der Waals surface area contributed by atoms with E-state index in [1.165, 1.54) is 19.1 Å². The van der Waals surface area contributed by atoms with Crippen LogP contribution in [0.25, 0.3) is 11.5 Å². The van der Waals surface area contributed by atoms with Gasteiger partial charge in [0.1, 0.15) is 29.6 Å². The van der Waals surface area contributed by atoms with Gasteiger partial charge in [-0.1, -0.05) is 12.1 Å².